The van der Waals surface area contributed by atoms with E-state index in [-0.39, 0.29) is 12.2 Å². The third-order valence-electron chi connectivity index (χ3n) is 3.12. The first kappa shape index (κ1) is 14.1. The molecule has 0 aromatic heterocycles. The third-order valence-corrected chi connectivity index (χ3v) is 3.12. The van der Waals surface area contributed by atoms with Gasteiger partial charge >= 0.3 is 5.97 Å². The normalized spacial score (nSPS) is 10.3. The molecule has 0 aliphatic rings. The zero-order chi connectivity index (χ0) is 14.5. The highest BCUT2D eigenvalue weighted by Gasteiger charge is 2.16. The number of ether oxygens (including phenoxy) is 1. The number of aliphatic hydroxyl groups is 1. The van der Waals surface area contributed by atoms with Gasteiger partial charge < -0.3 is 14.9 Å². The Hall–Kier alpha value is -2.33. The molecule has 0 aliphatic heterocycles. The molecule has 2 rings (SSSR count). The van der Waals surface area contributed by atoms with Crippen LogP contribution in [0.2, 0.25) is 0 Å². The van der Waals surface area contributed by atoms with Crippen LogP contribution in [0.4, 0.5) is 0 Å². The molecular weight excluding hydrogens is 256 g/mol. The van der Waals surface area contributed by atoms with Gasteiger partial charge in [0.1, 0.15) is 5.75 Å². The quantitative estimate of drug-likeness (QED) is 0.878. The number of aliphatic hydroxyl groups excluding tert-OH is 1. The first-order chi connectivity index (χ1) is 9.67. The van der Waals surface area contributed by atoms with Crippen molar-refractivity contribution in [3.63, 3.8) is 0 Å². The standard InChI is InChI=1S/C16H16O4/c1-20-14-4-2-3-13(16(18)19)15(14)12-7-5-11(6-8-12)9-10-17/h2-8,17H,9-10H2,1H3,(H,18,19). The van der Waals surface area contributed by atoms with Crippen LogP contribution in [-0.2, 0) is 6.42 Å². The molecule has 0 saturated heterocycles. The fourth-order valence-electron chi connectivity index (χ4n) is 2.14. The molecule has 0 aliphatic carbocycles. The summed E-state index contributed by atoms with van der Waals surface area (Å²) < 4.78 is 5.26. The number of carboxylic acid groups (broad SMARTS) is 1. The van der Waals surface area contributed by atoms with Crippen LogP contribution in [0.15, 0.2) is 42.5 Å². The SMILES string of the molecule is COc1cccc(C(=O)O)c1-c1ccc(CCO)cc1. The van der Waals surface area contributed by atoms with Gasteiger partial charge in [-0.2, -0.15) is 0 Å². The van der Waals surface area contributed by atoms with Crippen molar-refractivity contribution in [3.8, 4) is 16.9 Å². The van der Waals surface area contributed by atoms with E-state index < -0.39 is 5.97 Å². The molecule has 0 radical (unpaired) electrons. The highest BCUT2D eigenvalue weighted by Crippen LogP contribution is 2.33. The van der Waals surface area contributed by atoms with Gasteiger partial charge in [0.2, 0.25) is 0 Å². The fraction of sp³-hybridized carbons (Fsp3) is 0.188. The maximum atomic E-state index is 11.3. The van der Waals surface area contributed by atoms with Gasteiger partial charge in [0.25, 0.3) is 0 Å². The fourth-order valence-corrected chi connectivity index (χ4v) is 2.14. The lowest BCUT2D eigenvalue weighted by Crippen LogP contribution is -2.01. The smallest absolute Gasteiger partial charge is 0.336 e. The van der Waals surface area contributed by atoms with Gasteiger partial charge in [-0.1, -0.05) is 30.3 Å². The first-order valence-corrected chi connectivity index (χ1v) is 6.28. The van der Waals surface area contributed by atoms with Gasteiger partial charge in [-0.25, -0.2) is 4.79 Å². The van der Waals surface area contributed by atoms with E-state index in [9.17, 15) is 9.90 Å². The lowest BCUT2D eigenvalue weighted by molar-refractivity contribution is 0.0697. The Kier molecular flexibility index (Phi) is 4.38. The summed E-state index contributed by atoms with van der Waals surface area (Å²) in [5, 5.41) is 18.2. The molecule has 2 aromatic rings. The highest BCUT2D eigenvalue weighted by molar-refractivity contribution is 5.98. The van der Waals surface area contributed by atoms with E-state index in [0.717, 1.165) is 11.1 Å². The van der Waals surface area contributed by atoms with E-state index in [0.29, 0.717) is 17.7 Å². The summed E-state index contributed by atoms with van der Waals surface area (Å²) >= 11 is 0. The molecule has 4 nitrogen and oxygen atoms in total. The van der Waals surface area contributed by atoms with Crippen LogP contribution in [0, 0.1) is 0 Å². The van der Waals surface area contributed by atoms with Crippen LogP contribution in [0.3, 0.4) is 0 Å². The second-order valence-electron chi connectivity index (χ2n) is 4.36. The average Bonchev–Trinajstić information content (AvgIpc) is 2.47. The second-order valence-corrected chi connectivity index (χ2v) is 4.36. The van der Waals surface area contributed by atoms with Crippen molar-refractivity contribution in [1.82, 2.24) is 0 Å². The van der Waals surface area contributed by atoms with Crippen LogP contribution < -0.4 is 4.74 Å². The number of rotatable bonds is 5. The largest absolute Gasteiger partial charge is 0.496 e. The van der Waals surface area contributed by atoms with Gasteiger partial charge in [0, 0.05) is 12.2 Å². The van der Waals surface area contributed by atoms with Crippen LogP contribution in [-0.4, -0.2) is 29.9 Å². The molecule has 0 atom stereocenters. The van der Waals surface area contributed by atoms with E-state index in [1.165, 1.54) is 7.11 Å². The molecule has 0 bridgehead atoms. The predicted molar refractivity (Wildman–Crippen MR) is 76.2 cm³/mol. The summed E-state index contributed by atoms with van der Waals surface area (Å²) in [7, 11) is 1.52. The molecule has 0 saturated carbocycles. The number of benzene rings is 2. The molecule has 0 amide bonds. The Balaban J connectivity index is 2.52. The summed E-state index contributed by atoms with van der Waals surface area (Å²) in [6.45, 7) is 0.0916. The van der Waals surface area contributed by atoms with Gasteiger partial charge in [0.05, 0.1) is 12.7 Å². The number of hydrogen-bond acceptors (Lipinski definition) is 3. The van der Waals surface area contributed by atoms with Crippen molar-refractivity contribution < 1.29 is 19.7 Å². The monoisotopic (exact) mass is 272 g/mol. The minimum Gasteiger partial charge on any atom is -0.496 e. The maximum Gasteiger partial charge on any atom is 0.336 e. The van der Waals surface area contributed by atoms with Crippen molar-refractivity contribution in [3.05, 3.63) is 53.6 Å². The Bertz CT molecular complexity index is 602. The second kappa shape index (κ2) is 6.21. The van der Waals surface area contributed by atoms with Crippen molar-refractivity contribution in [2.24, 2.45) is 0 Å². The van der Waals surface area contributed by atoms with E-state index in [1.54, 1.807) is 18.2 Å². The average molecular weight is 272 g/mol. The maximum absolute atomic E-state index is 11.3. The first-order valence-electron chi connectivity index (χ1n) is 6.28. The van der Waals surface area contributed by atoms with E-state index in [4.69, 9.17) is 9.84 Å². The molecule has 0 fully saturated rings. The topological polar surface area (TPSA) is 66.8 Å². The summed E-state index contributed by atoms with van der Waals surface area (Å²) in [5.41, 5.74) is 2.56. The van der Waals surface area contributed by atoms with Gasteiger partial charge in [-0.15, -0.1) is 0 Å². The lowest BCUT2D eigenvalue weighted by Gasteiger charge is -2.12. The van der Waals surface area contributed by atoms with E-state index >= 15 is 0 Å². The zero-order valence-electron chi connectivity index (χ0n) is 11.2. The molecular formula is C16H16O4. The lowest BCUT2D eigenvalue weighted by atomic mass is 9.97. The van der Waals surface area contributed by atoms with E-state index in [1.807, 2.05) is 24.3 Å². The summed E-state index contributed by atoms with van der Waals surface area (Å²) in [5.74, 6) is -0.460. The van der Waals surface area contributed by atoms with Gasteiger partial charge in [-0.3, -0.25) is 0 Å². The molecule has 0 unspecified atom stereocenters. The van der Waals surface area contributed by atoms with Crippen LogP contribution in [0.1, 0.15) is 15.9 Å². The van der Waals surface area contributed by atoms with Gasteiger partial charge in [-0.05, 0) is 29.7 Å². The highest BCUT2D eigenvalue weighted by atomic mass is 16.5. The van der Waals surface area contributed by atoms with Crippen molar-refractivity contribution in [2.75, 3.05) is 13.7 Å². The minimum atomic E-state index is -0.988. The molecule has 104 valence electrons. The Morgan fingerprint density at radius 1 is 1.15 bits per heavy atom. The van der Waals surface area contributed by atoms with Crippen LogP contribution in [0.25, 0.3) is 11.1 Å². The van der Waals surface area contributed by atoms with E-state index in [2.05, 4.69) is 0 Å². The summed E-state index contributed by atoms with van der Waals surface area (Å²) in [6.07, 6.45) is 0.581. The van der Waals surface area contributed by atoms with Crippen molar-refractivity contribution >= 4 is 5.97 Å². The molecule has 0 heterocycles. The molecule has 20 heavy (non-hydrogen) atoms. The number of carbonyl (C=O) groups is 1. The van der Waals surface area contributed by atoms with Crippen LogP contribution in [0.5, 0.6) is 5.75 Å². The summed E-state index contributed by atoms with van der Waals surface area (Å²) in [4.78, 5) is 11.3. The third kappa shape index (κ3) is 2.81. The minimum absolute atomic E-state index is 0.0916. The molecule has 4 heteroatoms. The Morgan fingerprint density at radius 2 is 1.85 bits per heavy atom. The number of hydrogen-bond donors (Lipinski definition) is 2. The van der Waals surface area contributed by atoms with Crippen molar-refractivity contribution in [2.45, 2.75) is 6.42 Å². The molecule has 2 aromatic carbocycles. The Morgan fingerprint density at radius 3 is 2.40 bits per heavy atom. The molecule has 0 spiro atoms. The summed E-state index contributed by atoms with van der Waals surface area (Å²) in [6, 6.07) is 12.4. The number of aromatic carboxylic acids is 1. The van der Waals surface area contributed by atoms with Crippen LogP contribution >= 0.6 is 0 Å². The predicted octanol–water partition coefficient (Wildman–Crippen LogP) is 2.60. The van der Waals surface area contributed by atoms with Gasteiger partial charge in [0.15, 0.2) is 0 Å². The zero-order valence-corrected chi connectivity index (χ0v) is 11.2. The van der Waals surface area contributed by atoms with Crippen molar-refractivity contribution in [1.29, 1.82) is 0 Å². The molecule has 2 N–H and O–H groups in total. The Labute approximate surface area is 117 Å². The number of carboxylic acids is 1. The number of methoxy groups -OCH3 is 1.